The highest BCUT2D eigenvalue weighted by Gasteiger charge is 2.05. The molecular formula is C21H25NO5. The number of carbonyl (C=O) groups excluding carboxylic acids is 2. The second kappa shape index (κ2) is 10.8. The Hall–Kier alpha value is -3.12. The van der Waals surface area contributed by atoms with Gasteiger partial charge in [0.05, 0.1) is 13.2 Å². The molecule has 0 aliphatic heterocycles. The van der Waals surface area contributed by atoms with Crippen molar-refractivity contribution in [2.75, 3.05) is 26.4 Å². The van der Waals surface area contributed by atoms with Crippen molar-refractivity contribution in [2.45, 2.75) is 6.92 Å². The number of benzene rings is 2. The van der Waals surface area contributed by atoms with Crippen LogP contribution < -0.4 is 10.1 Å². The molecule has 0 radical (unpaired) electrons. The molecule has 2 aromatic rings. The van der Waals surface area contributed by atoms with Crippen molar-refractivity contribution in [3.8, 4) is 16.9 Å². The van der Waals surface area contributed by atoms with Gasteiger partial charge < -0.3 is 19.5 Å². The summed E-state index contributed by atoms with van der Waals surface area (Å²) in [6.07, 6.45) is -0.556. The smallest absolute Gasteiger partial charge is 0.412 e. The molecule has 0 aromatic heterocycles. The Bertz CT molecular complexity index is 762. The van der Waals surface area contributed by atoms with Crippen LogP contribution in [0.3, 0.4) is 0 Å². The Morgan fingerprint density at radius 3 is 2.30 bits per heavy atom. The molecule has 0 fully saturated rings. The van der Waals surface area contributed by atoms with Gasteiger partial charge >= 0.3 is 12.1 Å². The second-order valence-electron chi connectivity index (χ2n) is 5.74. The fraction of sp³-hybridized carbons (Fsp3) is 0.238. The molecule has 0 bridgehead atoms. The minimum absolute atomic E-state index is 0. The summed E-state index contributed by atoms with van der Waals surface area (Å²) >= 11 is 0. The third-order valence-corrected chi connectivity index (χ3v) is 3.50. The van der Waals surface area contributed by atoms with E-state index in [4.69, 9.17) is 14.2 Å². The zero-order valence-corrected chi connectivity index (χ0v) is 15.3. The molecule has 6 nitrogen and oxygen atoms in total. The average molecular weight is 371 g/mol. The van der Waals surface area contributed by atoms with E-state index in [1.54, 1.807) is 19.1 Å². The maximum absolute atomic E-state index is 11.8. The minimum atomic E-state index is -0.556. The van der Waals surface area contributed by atoms with Crippen molar-refractivity contribution in [3.63, 3.8) is 0 Å². The number of amides is 1. The van der Waals surface area contributed by atoms with E-state index in [1.165, 1.54) is 0 Å². The molecule has 6 heteroatoms. The average Bonchev–Trinajstić information content (AvgIpc) is 2.68. The van der Waals surface area contributed by atoms with Gasteiger partial charge in [-0.1, -0.05) is 49.0 Å². The molecule has 0 aliphatic carbocycles. The summed E-state index contributed by atoms with van der Waals surface area (Å²) in [5, 5.41) is 2.59. The molecular weight excluding hydrogens is 346 g/mol. The number of hydrogen-bond donors (Lipinski definition) is 1. The monoisotopic (exact) mass is 371 g/mol. The van der Waals surface area contributed by atoms with Gasteiger partial charge in [-0.05, 0) is 30.2 Å². The van der Waals surface area contributed by atoms with E-state index in [9.17, 15) is 9.59 Å². The summed E-state index contributed by atoms with van der Waals surface area (Å²) < 4.78 is 15.3. The zero-order chi connectivity index (χ0) is 19.5. The Morgan fingerprint density at radius 1 is 0.963 bits per heavy atom. The van der Waals surface area contributed by atoms with Gasteiger partial charge in [-0.2, -0.15) is 0 Å². The fourth-order valence-electron chi connectivity index (χ4n) is 2.13. The first kappa shape index (κ1) is 20.2. The maximum Gasteiger partial charge on any atom is 0.412 e. The Morgan fingerprint density at radius 2 is 1.63 bits per heavy atom. The van der Waals surface area contributed by atoms with Crippen molar-refractivity contribution in [2.24, 2.45) is 0 Å². The third-order valence-electron chi connectivity index (χ3n) is 3.50. The summed E-state index contributed by atoms with van der Waals surface area (Å²) in [5.74, 6) is 0.0124. The van der Waals surface area contributed by atoms with Gasteiger partial charge in [0, 0.05) is 13.5 Å². The van der Waals surface area contributed by atoms with Gasteiger partial charge in [0.2, 0.25) is 0 Å². The van der Waals surface area contributed by atoms with Crippen LogP contribution in [0, 0.1) is 0 Å². The van der Waals surface area contributed by atoms with Crippen LogP contribution in [0.5, 0.6) is 5.75 Å². The van der Waals surface area contributed by atoms with E-state index in [0.717, 1.165) is 11.1 Å². The molecule has 0 unspecified atom stereocenters. The first-order valence-corrected chi connectivity index (χ1v) is 8.58. The summed E-state index contributed by atoms with van der Waals surface area (Å²) in [4.78, 5) is 22.9. The molecule has 2 aromatic carbocycles. The van der Waals surface area contributed by atoms with Crippen LogP contribution in [-0.2, 0) is 14.3 Å². The number of carbonyl (C=O) groups is 2. The largest absolute Gasteiger partial charge is 0.460 e. The van der Waals surface area contributed by atoms with Crippen molar-refractivity contribution >= 4 is 12.1 Å². The summed E-state index contributed by atoms with van der Waals surface area (Å²) in [6.45, 7) is 6.02. The van der Waals surface area contributed by atoms with Crippen LogP contribution in [0.15, 0.2) is 66.7 Å². The van der Waals surface area contributed by atoms with Gasteiger partial charge in [-0.15, -0.1) is 0 Å². The zero-order valence-electron chi connectivity index (χ0n) is 15.3. The van der Waals surface area contributed by atoms with E-state index >= 15 is 0 Å². The Labute approximate surface area is 160 Å². The topological polar surface area (TPSA) is 73.9 Å². The molecule has 0 aliphatic rings. The molecule has 1 N–H and O–H groups in total. The Balaban J connectivity index is 0.00000392. The van der Waals surface area contributed by atoms with Crippen LogP contribution in [0.1, 0.15) is 8.35 Å². The summed E-state index contributed by atoms with van der Waals surface area (Å²) in [6, 6.07) is 17.2. The van der Waals surface area contributed by atoms with E-state index < -0.39 is 12.1 Å². The highest BCUT2D eigenvalue weighted by molar-refractivity contribution is 5.86. The second-order valence-corrected chi connectivity index (χ2v) is 5.74. The first-order valence-electron chi connectivity index (χ1n) is 8.58. The van der Waals surface area contributed by atoms with Crippen molar-refractivity contribution in [3.05, 3.63) is 66.7 Å². The molecule has 0 saturated carbocycles. The lowest BCUT2D eigenvalue weighted by Crippen LogP contribution is -2.30. The summed E-state index contributed by atoms with van der Waals surface area (Å²) in [5.41, 5.74) is 2.49. The third kappa shape index (κ3) is 7.33. The van der Waals surface area contributed by atoms with Crippen LogP contribution in [0.25, 0.3) is 11.1 Å². The molecule has 0 heterocycles. The quantitative estimate of drug-likeness (QED) is 0.412. The van der Waals surface area contributed by atoms with Crippen molar-refractivity contribution < 1.29 is 25.2 Å². The lowest BCUT2D eigenvalue weighted by atomic mass is 10.1. The molecule has 0 saturated heterocycles. The van der Waals surface area contributed by atoms with Gasteiger partial charge in [0.1, 0.15) is 12.4 Å². The molecule has 0 spiro atoms. The molecule has 0 atom stereocenters. The number of esters is 1. The van der Waals surface area contributed by atoms with E-state index in [-0.39, 0.29) is 27.8 Å². The predicted molar refractivity (Wildman–Crippen MR) is 105 cm³/mol. The lowest BCUT2D eigenvalue weighted by Gasteiger charge is -2.08. The molecule has 1 amide bonds. The van der Waals surface area contributed by atoms with Crippen molar-refractivity contribution in [1.29, 1.82) is 0 Å². The minimum Gasteiger partial charge on any atom is -0.460 e. The lowest BCUT2D eigenvalue weighted by molar-refractivity contribution is -0.140. The first-order chi connectivity index (χ1) is 13.1. The van der Waals surface area contributed by atoms with E-state index in [0.29, 0.717) is 11.3 Å². The highest BCUT2D eigenvalue weighted by atomic mass is 16.6. The summed E-state index contributed by atoms with van der Waals surface area (Å²) in [7, 11) is 0. The van der Waals surface area contributed by atoms with Gasteiger partial charge in [-0.3, -0.25) is 0 Å². The highest BCUT2D eigenvalue weighted by Crippen LogP contribution is 2.21. The number of nitrogens with one attached hydrogen (secondary N) is 1. The number of hydrogen-bond acceptors (Lipinski definition) is 5. The maximum atomic E-state index is 11.8. The number of rotatable bonds is 9. The van der Waals surface area contributed by atoms with Crippen LogP contribution in [0.2, 0.25) is 0 Å². The van der Waals surface area contributed by atoms with Crippen LogP contribution in [-0.4, -0.2) is 38.4 Å². The SMILES string of the molecule is C=C(C)C(=O)OCCOCCNC(=O)Oc1ccc(-c2ccccc2)cc1.[HH]. The standard InChI is InChI=1S/C21H23NO5.H2/c1-16(2)20(23)26-15-14-25-13-12-22-21(24)27-19-10-8-18(9-11-19)17-6-4-3-5-7-17;/h3-11H,1,12-15H2,2H3,(H,22,24);1H. The van der Waals surface area contributed by atoms with Gasteiger partial charge in [0.15, 0.2) is 0 Å². The van der Waals surface area contributed by atoms with Crippen LogP contribution >= 0.6 is 0 Å². The molecule has 144 valence electrons. The van der Waals surface area contributed by atoms with E-state index in [1.807, 2.05) is 42.5 Å². The number of ether oxygens (including phenoxy) is 3. The van der Waals surface area contributed by atoms with Gasteiger partial charge in [0.25, 0.3) is 0 Å². The predicted octanol–water partition coefficient (Wildman–Crippen LogP) is 3.82. The Kier molecular flexibility index (Phi) is 8.06. The van der Waals surface area contributed by atoms with Crippen LogP contribution in [0.4, 0.5) is 4.79 Å². The fourth-order valence-corrected chi connectivity index (χ4v) is 2.13. The molecule has 2 rings (SSSR count). The van der Waals surface area contributed by atoms with Gasteiger partial charge in [-0.25, -0.2) is 9.59 Å². The van der Waals surface area contributed by atoms with E-state index in [2.05, 4.69) is 11.9 Å². The van der Waals surface area contributed by atoms with Crippen molar-refractivity contribution in [1.82, 2.24) is 5.32 Å². The molecule has 27 heavy (non-hydrogen) atoms. The normalized spacial score (nSPS) is 10.1.